The molecule has 0 radical (unpaired) electrons. The number of sulfonamides is 2. The highest BCUT2D eigenvalue weighted by atomic mass is 32.2. The summed E-state index contributed by atoms with van der Waals surface area (Å²) in [4.78, 5) is 17.8. The van der Waals surface area contributed by atoms with Crippen LogP contribution in [0.2, 0.25) is 0 Å². The predicted octanol–water partition coefficient (Wildman–Crippen LogP) is 4.10. The van der Waals surface area contributed by atoms with Crippen LogP contribution in [-0.4, -0.2) is 38.4 Å². The molecule has 14 heteroatoms. The van der Waals surface area contributed by atoms with Crippen molar-refractivity contribution in [3.05, 3.63) is 57.5 Å². The summed E-state index contributed by atoms with van der Waals surface area (Å²) in [5, 5.41) is 4.83. The van der Waals surface area contributed by atoms with Gasteiger partial charge in [-0.25, -0.2) is 21.8 Å². The second kappa shape index (κ2) is 9.18. The van der Waals surface area contributed by atoms with E-state index in [2.05, 4.69) is 24.1 Å². The maximum absolute atomic E-state index is 13.2. The molecule has 3 heterocycles. The van der Waals surface area contributed by atoms with Crippen LogP contribution in [0.1, 0.15) is 26.4 Å². The molecule has 1 amide bonds. The normalized spacial score (nSPS) is 12.0. The van der Waals surface area contributed by atoms with Crippen LogP contribution in [0, 0.1) is 20.8 Å². The molecule has 4 rings (SSSR count). The van der Waals surface area contributed by atoms with Crippen molar-refractivity contribution in [1.29, 1.82) is 0 Å². The van der Waals surface area contributed by atoms with Gasteiger partial charge in [0.25, 0.3) is 15.9 Å². The molecule has 0 saturated heterocycles. The molecule has 3 aromatic heterocycles. The van der Waals surface area contributed by atoms with Crippen LogP contribution in [0.4, 0.5) is 17.1 Å². The van der Waals surface area contributed by atoms with Crippen LogP contribution in [0.25, 0.3) is 10.2 Å². The first kappa shape index (κ1) is 25.0. The van der Waals surface area contributed by atoms with E-state index in [1.54, 1.807) is 26.8 Å². The minimum Gasteiger partial charge on any atom is -0.321 e. The number of carbonyl (C=O) groups is 1. The molecule has 0 aliphatic heterocycles. The summed E-state index contributed by atoms with van der Waals surface area (Å²) < 4.78 is 59.0. The molecule has 1 aromatic carbocycles. The predicted molar refractivity (Wildman–Crippen MR) is 140 cm³/mol. The fourth-order valence-corrected chi connectivity index (χ4v) is 7.35. The summed E-state index contributed by atoms with van der Waals surface area (Å²) >= 11 is 2.12. The van der Waals surface area contributed by atoms with E-state index < -0.39 is 26.0 Å². The van der Waals surface area contributed by atoms with E-state index >= 15 is 0 Å². The Bertz CT molecular complexity index is 1670. The number of anilines is 3. The lowest BCUT2D eigenvalue weighted by atomic mass is 10.0. The van der Waals surface area contributed by atoms with Crippen molar-refractivity contribution >= 4 is 76.1 Å². The van der Waals surface area contributed by atoms with Crippen molar-refractivity contribution in [1.82, 2.24) is 9.36 Å². The van der Waals surface area contributed by atoms with Crippen molar-refractivity contribution in [2.24, 2.45) is 0 Å². The van der Waals surface area contributed by atoms with E-state index in [0.29, 0.717) is 44.0 Å². The quantitative estimate of drug-likeness (QED) is 0.313. The number of rotatable bonds is 7. The van der Waals surface area contributed by atoms with Crippen molar-refractivity contribution in [2.45, 2.75) is 25.7 Å². The van der Waals surface area contributed by atoms with Crippen LogP contribution >= 0.6 is 22.9 Å². The second-order valence-corrected chi connectivity index (χ2v) is 12.9. The third-order valence-electron chi connectivity index (χ3n) is 5.14. The van der Waals surface area contributed by atoms with Crippen molar-refractivity contribution in [3.63, 3.8) is 0 Å². The number of aromatic nitrogens is 2. The molecular weight excluding hydrogens is 531 g/mol. The molecule has 4 aromatic rings. The lowest BCUT2D eigenvalue weighted by molar-refractivity contribution is 0.102. The summed E-state index contributed by atoms with van der Waals surface area (Å²) in [5.74, 6) is -0.627. The summed E-state index contributed by atoms with van der Waals surface area (Å²) in [6.45, 7) is 5.21. The van der Waals surface area contributed by atoms with Gasteiger partial charge >= 0.3 is 0 Å². The number of pyridine rings is 1. The zero-order valence-corrected chi connectivity index (χ0v) is 22.3. The third kappa shape index (κ3) is 5.15. The van der Waals surface area contributed by atoms with E-state index in [1.807, 2.05) is 0 Å². The molecule has 0 unspecified atom stereocenters. The van der Waals surface area contributed by atoms with Gasteiger partial charge in [-0.3, -0.25) is 14.2 Å². The Morgan fingerprint density at radius 2 is 1.71 bits per heavy atom. The van der Waals surface area contributed by atoms with Crippen LogP contribution in [0.3, 0.4) is 0 Å². The van der Waals surface area contributed by atoms with Gasteiger partial charge in [0.05, 0.1) is 29.2 Å². The number of nitrogens with one attached hydrogen (secondary N) is 3. The monoisotopic (exact) mass is 551 g/mol. The molecule has 0 atom stereocenters. The van der Waals surface area contributed by atoms with Crippen LogP contribution < -0.4 is 14.8 Å². The lowest BCUT2D eigenvalue weighted by Gasteiger charge is -2.18. The van der Waals surface area contributed by atoms with E-state index in [-0.39, 0.29) is 9.77 Å². The Morgan fingerprint density at radius 3 is 2.43 bits per heavy atom. The zero-order chi connectivity index (χ0) is 25.5. The molecule has 184 valence electrons. The van der Waals surface area contributed by atoms with Crippen LogP contribution in [-0.2, 0) is 20.0 Å². The average Bonchev–Trinajstić information content (AvgIpc) is 3.43. The number of hydrogen-bond acceptors (Lipinski definition) is 9. The van der Waals surface area contributed by atoms with Gasteiger partial charge < -0.3 is 5.32 Å². The van der Waals surface area contributed by atoms with Crippen molar-refractivity contribution < 1.29 is 21.6 Å². The first-order chi connectivity index (χ1) is 16.4. The Balaban J connectivity index is 1.67. The molecule has 0 aliphatic carbocycles. The van der Waals surface area contributed by atoms with Gasteiger partial charge in [0.1, 0.15) is 14.6 Å². The molecule has 0 saturated carbocycles. The number of amides is 1. The van der Waals surface area contributed by atoms with Gasteiger partial charge in [-0.05, 0) is 66.5 Å². The Labute approximate surface area is 210 Å². The van der Waals surface area contributed by atoms with Gasteiger partial charge in [0.15, 0.2) is 0 Å². The zero-order valence-electron chi connectivity index (χ0n) is 19.0. The summed E-state index contributed by atoms with van der Waals surface area (Å²) in [5.41, 5.74) is 2.98. The number of hydrogen-bond donors (Lipinski definition) is 3. The molecule has 10 nitrogen and oxygen atoms in total. The van der Waals surface area contributed by atoms with Crippen LogP contribution in [0.5, 0.6) is 0 Å². The van der Waals surface area contributed by atoms with Gasteiger partial charge in [-0.2, -0.15) is 4.37 Å². The number of carbonyl (C=O) groups excluding carboxylic acids is 1. The maximum Gasteiger partial charge on any atom is 0.267 e. The van der Waals surface area contributed by atoms with E-state index in [4.69, 9.17) is 0 Å². The van der Waals surface area contributed by atoms with E-state index in [0.717, 1.165) is 29.1 Å². The number of thiophene rings is 1. The van der Waals surface area contributed by atoms with Crippen molar-refractivity contribution in [3.8, 4) is 0 Å². The van der Waals surface area contributed by atoms with Gasteiger partial charge in [-0.1, -0.05) is 6.07 Å². The molecule has 0 aliphatic rings. The summed E-state index contributed by atoms with van der Waals surface area (Å²) in [6.07, 6.45) is 4.05. The standard InChI is InChI=1S/C21H21N5O5S4/c1-11-9-12(2)18(26-34(4,28)29)13(3)17(11)24-20(27)19-16(6-8-32-19)35(30,31)25-15-5-7-22-21-14(15)10-23-33-21/h5-10,26H,1-4H3,(H,22,25)(H,24,27). The number of benzene rings is 1. The second-order valence-electron chi connectivity index (χ2n) is 7.84. The average molecular weight is 552 g/mol. The molecule has 35 heavy (non-hydrogen) atoms. The fourth-order valence-electron chi connectivity index (χ4n) is 3.63. The maximum atomic E-state index is 13.2. The molecule has 0 bridgehead atoms. The fraction of sp³-hybridized carbons (Fsp3) is 0.190. The SMILES string of the molecule is Cc1cc(C)c(NS(C)(=O)=O)c(C)c1NC(=O)c1sccc1S(=O)(=O)Nc1ccnc2sncc12. The molecular formula is C21H21N5O5S4. The lowest BCUT2D eigenvalue weighted by Crippen LogP contribution is -2.20. The first-order valence-corrected chi connectivity index (χ1v) is 15.1. The largest absolute Gasteiger partial charge is 0.321 e. The first-order valence-electron chi connectivity index (χ1n) is 10.1. The van der Waals surface area contributed by atoms with E-state index in [1.165, 1.54) is 29.9 Å². The Hall–Kier alpha value is -3.07. The smallest absolute Gasteiger partial charge is 0.267 e. The molecule has 0 spiro atoms. The van der Waals surface area contributed by atoms with Gasteiger partial charge in [0.2, 0.25) is 10.0 Å². The topological polar surface area (TPSA) is 147 Å². The highest BCUT2D eigenvalue weighted by molar-refractivity contribution is 7.93. The number of aryl methyl sites for hydroxylation is 2. The third-order valence-corrected chi connectivity index (χ3v) is 8.88. The van der Waals surface area contributed by atoms with Crippen LogP contribution in [0.15, 0.2) is 40.9 Å². The molecule has 3 N–H and O–H groups in total. The minimum absolute atomic E-state index is 0.0109. The van der Waals surface area contributed by atoms with Crippen molar-refractivity contribution in [2.75, 3.05) is 21.0 Å². The van der Waals surface area contributed by atoms with Gasteiger partial charge in [0, 0.05) is 11.9 Å². The minimum atomic E-state index is -4.11. The highest BCUT2D eigenvalue weighted by Crippen LogP contribution is 2.33. The highest BCUT2D eigenvalue weighted by Gasteiger charge is 2.26. The van der Waals surface area contributed by atoms with Gasteiger partial charge in [-0.15, -0.1) is 11.3 Å². The van der Waals surface area contributed by atoms with E-state index in [9.17, 15) is 21.6 Å². The summed E-state index contributed by atoms with van der Waals surface area (Å²) in [6, 6.07) is 4.63. The Kier molecular flexibility index (Phi) is 6.57. The summed E-state index contributed by atoms with van der Waals surface area (Å²) in [7, 11) is -7.66. The molecule has 0 fully saturated rings. The number of fused-ring (bicyclic) bond motifs is 1. The number of nitrogens with zero attached hydrogens (tertiary/aromatic N) is 2. The Morgan fingerprint density at radius 1 is 1.00 bits per heavy atom.